The second kappa shape index (κ2) is 9.21. The van der Waals surface area contributed by atoms with Crippen LogP contribution >= 0.6 is 0 Å². The van der Waals surface area contributed by atoms with Crippen LogP contribution in [0.5, 0.6) is 0 Å². The third-order valence-corrected chi connectivity index (χ3v) is 3.21. The number of amides is 1. The summed E-state index contributed by atoms with van der Waals surface area (Å²) >= 11 is 0. The third-order valence-electron chi connectivity index (χ3n) is 3.21. The number of carbonyl (C=O) groups is 1. The lowest BCUT2D eigenvalue weighted by Crippen LogP contribution is -2.48. The molecule has 0 aliphatic carbocycles. The van der Waals surface area contributed by atoms with Gasteiger partial charge >= 0.3 is 0 Å². The van der Waals surface area contributed by atoms with Gasteiger partial charge in [-0.3, -0.25) is 14.7 Å². The van der Waals surface area contributed by atoms with Gasteiger partial charge in [-0.05, 0) is 6.92 Å². The molecule has 20 heavy (non-hydrogen) atoms. The lowest BCUT2D eigenvalue weighted by atomic mass is 10.3. The number of guanidine groups is 1. The summed E-state index contributed by atoms with van der Waals surface area (Å²) in [4.78, 5) is 19.9. The molecule has 1 saturated heterocycles. The van der Waals surface area contributed by atoms with Crippen molar-refractivity contribution in [2.45, 2.75) is 13.8 Å². The van der Waals surface area contributed by atoms with Crippen molar-refractivity contribution in [3.05, 3.63) is 0 Å². The summed E-state index contributed by atoms with van der Waals surface area (Å²) in [5, 5.41) is 6.21. The average molecular weight is 279 g/mol. The van der Waals surface area contributed by atoms with Gasteiger partial charge in [0.2, 0.25) is 5.91 Å². The predicted molar refractivity (Wildman–Crippen MR) is 81.5 cm³/mol. The van der Waals surface area contributed by atoms with Gasteiger partial charge in [-0.15, -0.1) is 6.42 Å². The molecule has 6 nitrogen and oxygen atoms in total. The van der Waals surface area contributed by atoms with Crippen LogP contribution in [0.2, 0.25) is 0 Å². The Labute approximate surface area is 121 Å². The number of nitrogens with one attached hydrogen (secondary N) is 2. The van der Waals surface area contributed by atoms with E-state index in [9.17, 15) is 4.79 Å². The molecule has 0 saturated carbocycles. The summed E-state index contributed by atoms with van der Waals surface area (Å²) in [5.74, 6) is 3.45. The van der Waals surface area contributed by atoms with Crippen LogP contribution in [0.15, 0.2) is 4.99 Å². The highest BCUT2D eigenvalue weighted by molar-refractivity contribution is 5.79. The molecule has 0 bridgehead atoms. The van der Waals surface area contributed by atoms with Gasteiger partial charge in [0, 0.05) is 46.2 Å². The van der Waals surface area contributed by atoms with Crippen molar-refractivity contribution in [1.82, 2.24) is 20.4 Å². The van der Waals surface area contributed by atoms with E-state index in [4.69, 9.17) is 6.42 Å². The van der Waals surface area contributed by atoms with Crippen molar-refractivity contribution in [3.63, 3.8) is 0 Å². The minimum atomic E-state index is 0.163. The molecule has 0 aromatic heterocycles. The van der Waals surface area contributed by atoms with Crippen LogP contribution in [0.3, 0.4) is 0 Å². The Morgan fingerprint density at radius 2 is 2.00 bits per heavy atom. The van der Waals surface area contributed by atoms with Gasteiger partial charge in [-0.1, -0.05) is 5.92 Å². The molecule has 1 heterocycles. The minimum Gasteiger partial charge on any atom is -0.357 e. The van der Waals surface area contributed by atoms with E-state index in [1.807, 2.05) is 11.8 Å². The van der Waals surface area contributed by atoms with Crippen LogP contribution in [0.1, 0.15) is 13.8 Å². The van der Waals surface area contributed by atoms with E-state index in [1.54, 1.807) is 6.92 Å². The molecule has 6 heteroatoms. The van der Waals surface area contributed by atoms with Crippen molar-refractivity contribution in [2.24, 2.45) is 4.99 Å². The molecule has 0 unspecified atom stereocenters. The fourth-order valence-electron chi connectivity index (χ4n) is 2.07. The van der Waals surface area contributed by atoms with Gasteiger partial charge in [0.25, 0.3) is 0 Å². The highest BCUT2D eigenvalue weighted by atomic mass is 16.2. The summed E-state index contributed by atoms with van der Waals surface area (Å²) in [6.07, 6.45) is 5.22. The Balaban J connectivity index is 2.28. The lowest BCUT2D eigenvalue weighted by Gasteiger charge is -2.33. The van der Waals surface area contributed by atoms with Crippen molar-refractivity contribution in [1.29, 1.82) is 0 Å². The third kappa shape index (κ3) is 5.93. The number of terminal acetylenes is 1. The quantitative estimate of drug-likeness (QED) is 0.398. The number of aliphatic imine (C=N–C) groups is 1. The van der Waals surface area contributed by atoms with Crippen LogP contribution < -0.4 is 10.6 Å². The Bertz CT molecular complexity index is 366. The van der Waals surface area contributed by atoms with Gasteiger partial charge in [-0.25, -0.2) is 0 Å². The van der Waals surface area contributed by atoms with E-state index in [0.29, 0.717) is 6.54 Å². The summed E-state index contributed by atoms with van der Waals surface area (Å²) in [5.41, 5.74) is 0. The zero-order valence-corrected chi connectivity index (χ0v) is 12.5. The number of hydrogen-bond donors (Lipinski definition) is 2. The molecule has 0 aromatic carbocycles. The maximum atomic E-state index is 11.2. The molecule has 0 atom stereocenters. The van der Waals surface area contributed by atoms with Crippen LogP contribution in [-0.2, 0) is 4.79 Å². The molecule has 1 amide bonds. The van der Waals surface area contributed by atoms with E-state index in [0.717, 1.165) is 51.8 Å². The monoisotopic (exact) mass is 279 g/mol. The van der Waals surface area contributed by atoms with Gasteiger partial charge in [-0.2, -0.15) is 0 Å². The van der Waals surface area contributed by atoms with Gasteiger partial charge in [0.15, 0.2) is 5.96 Å². The summed E-state index contributed by atoms with van der Waals surface area (Å²) < 4.78 is 0. The Hall–Kier alpha value is -1.74. The summed E-state index contributed by atoms with van der Waals surface area (Å²) in [6.45, 7) is 10.0. The van der Waals surface area contributed by atoms with E-state index < -0.39 is 0 Å². The van der Waals surface area contributed by atoms with Crippen molar-refractivity contribution in [3.8, 4) is 12.3 Å². The molecule has 0 aromatic rings. The van der Waals surface area contributed by atoms with Crippen LogP contribution in [0.4, 0.5) is 0 Å². The first-order valence-electron chi connectivity index (χ1n) is 7.11. The second-order valence-electron chi connectivity index (χ2n) is 4.67. The van der Waals surface area contributed by atoms with Gasteiger partial charge in [0.05, 0.1) is 13.1 Å². The molecular weight excluding hydrogens is 254 g/mol. The predicted octanol–water partition coefficient (Wildman–Crippen LogP) is -0.661. The Morgan fingerprint density at radius 3 is 2.55 bits per heavy atom. The first kappa shape index (κ1) is 16.3. The van der Waals surface area contributed by atoms with Crippen molar-refractivity contribution >= 4 is 11.9 Å². The van der Waals surface area contributed by atoms with Gasteiger partial charge in [0.1, 0.15) is 0 Å². The maximum Gasteiger partial charge on any atom is 0.219 e. The zero-order valence-electron chi connectivity index (χ0n) is 12.5. The molecule has 0 spiro atoms. The largest absolute Gasteiger partial charge is 0.357 e. The number of rotatable bonds is 5. The highest BCUT2D eigenvalue weighted by Crippen LogP contribution is 2.01. The summed E-state index contributed by atoms with van der Waals surface area (Å²) in [6, 6.07) is 0. The molecule has 1 aliphatic heterocycles. The minimum absolute atomic E-state index is 0.163. The maximum absolute atomic E-state index is 11.2. The molecule has 112 valence electrons. The van der Waals surface area contributed by atoms with E-state index in [-0.39, 0.29) is 5.91 Å². The first-order chi connectivity index (χ1) is 9.67. The molecule has 2 N–H and O–H groups in total. The fourth-order valence-corrected chi connectivity index (χ4v) is 2.07. The van der Waals surface area contributed by atoms with Gasteiger partial charge < -0.3 is 15.5 Å². The average Bonchev–Trinajstić information content (AvgIpc) is 2.45. The number of hydrogen-bond acceptors (Lipinski definition) is 3. The lowest BCUT2D eigenvalue weighted by molar-refractivity contribution is -0.130. The van der Waals surface area contributed by atoms with Crippen LogP contribution in [0.25, 0.3) is 0 Å². The molecule has 0 radical (unpaired) electrons. The normalized spacial score (nSPS) is 16.6. The fraction of sp³-hybridized carbons (Fsp3) is 0.714. The molecular formula is C14H25N5O. The van der Waals surface area contributed by atoms with E-state index in [1.165, 1.54) is 0 Å². The number of nitrogens with zero attached hydrogens (tertiary/aromatic N) is 3. The number of piperazine rings is 1. The van der Waals surface area contributed by atoms with E-state index in [2.05, 4.69) is 26.4 Å². The number of carbonyl (C=O) groups excluding carboxylic acids is 1. The van der Waals surface area contributed by atoms with Crippen molar-refractivity contribution < 1.29 is 4.79 Å². The van der Waals surface area contributed by atoms with Crippen LogP contribution in [0, 0.1) is 12.3 Å². The topological polar surface area (TPSA) is 60.0 Å². The Kier molecular flexibility index (Phi) is 7.51. The zero-order chi connectivity index (χ0) is 14.8. The highest BCUT2D eigenvalue weighted by Gasteiger charge is 2.17. The smallest absolute Gasteiger partial charge is 0.219 e. The molecule has 1 aliphatic rings. The second-order valence-corrected chi connectivity index (χ2v) is 4.67. The van der Waals surface area contributed by atoms with Crippen LogP contribution in [-0.4, -0.2) is 74.0 Å². The standard InChI is InChI=1S/C14H25N5O/c1-4-6-16-14(15-5-2)17-7-8-18-9-11-19(12-10-18)13(3)20/h1H,5-12H2,2-3H3,(H2,15,16,17). The van der Waals surface area contributed by atoms with E-state index >= 15 is 0 Å². The molecule has 1 fully saturated rings. The summed E-state index contributed by atoms with van der Waals surface area (Å²) in [7, 11) is 0. The molecule has 1 rings (SSSR count). The van der Waals surface area contributed by atoms with Crippen molar-refractivity contribution in [2.75, 3.05) is 52.4 Å². The Morgan fingerprint density at radius 1 is 1.30 bits per heavy atom. The SMILES string of the molecule is C#CCNC(=NCCN1CCN(C(C)=O)CC1)NCC. The first-order valence-corrected chi connectivity index (χ1v) is 7.11.